The van der Waals surface area contributed by atoms with Crippen molar-refractivity contribution in [2.45, 2.75) is 19.1 Å². The Bertz CT molecular complexity index is 546. The highest BCUT2D eigenvalue weighted by atomic mass is 19.2. The van der Waals surface area contributed by atoms with E-state index in [1.54, 1.807) is 31.5 Å². The Morgan fingerprint density at radius 3 is 2.63 bits per heavy atom. The molecule has 19 heavy (non-hydrogen) atoms. The Balaban J connectivity index is 2.30. The number of nitrogens with two attached hydrogens (primary N) is 1. The van der Waals surface area contributed by atoms with Crippen molar-refractivity contribution in [2.75, 3.05) is 0 Å². The first kappa shape index (κ1) is 13.4. The fraction of sp³-hybridized carbons (Fsp3) is 0.214. The van der Waals surface area contributed by atoms with Crippen molar-refractivity contribution in [3.05, 3.63) is 59.9 Å². The van der Waals surface area contributed by atoms with Crippen LogP contribution in [0.5, 0.6) is 5.75 Å². The van der Waals surface area contributed by atoms with E-state index in [0.717, 1.165) is 6.07 Å². The lowest BCUT2D eigenvalue weighted by Gasteiger charge is -2.22. The molecule has 0 amide bonds. The molecule has 0 aliphatic heterocycles. The molecule has 3 nitrogen and oxygen atoms in total. The van der Waals surface area contributed by atoms with Crippen LogP contribution in [0.15, 0.2) is 42.7 Å². The summed E-state index contributed by atoms with van der Waals surface area (Å²) >= 11 is 0. The Morgan fingerprint density at radius 1 is 1.21 bits per heavy atom. The van der Waals surface area contributed by atoms with Gasteiger partial charge in [-0.25, -0.2) is 4.39 Å². The number of benzene rings is 1. The van der Waals surface area contributed by atoms with Gasteiger partial charge in [-0.2, -0.15) is 4.39 Å². The number of aromatic nitrogens is 1. The van der Waals surface area contributed by atoms with Crippen LogP contribution in [-0.4, -0.2) is 11.0 Å². The van der Waals surface area contributed by atoms with Gasteiger partial charge in [0.2, 0.25) is 5.82 Å². The van der Waals surface area contributed by atoms with E-state index in [1.807, 2.05) is 0 Å². The molecule has 0 aliphatic rings. The first-order valence-electron chi connectivity index (χ1n) is 5.85. The predicted octanol–water partition coefficient (Wildman–Crippen LogP) is 2.83. The largest absolute Gasteiger partial charge is 0.481 e. The summed E-state index contributed by atoms with van der Waals surface area (Å²) in [5.41, 5.74) is 6.55. The summed E-state index contributed by atoms with van der Waals surface area (Å²) in [5.74, 6) is -2.13. The predicted molar refractivity (Wildman–Crippen MR) is 67.6 cm³/mol. The lowest BCUT2D eigenvalue weighted by molar-refractivity contribution is 0.170. The van der Waals surface area contributed by atoms with Crippen LogP contribution in [0.3, 0.4) is 0 Å². The third-order valence-corrected chi connectivity index (χ3v) is 2.66. The molecule has 0 spiro atoms. The average Bonchev–Trinajstić information content (AvgIpc) is 2.41. The van der Waals surface area contributed by atoms with Gasteiger partial charge in [0.05, 0.1) is 0 Å². The number of ether oxygens (including phenoxy) is 1. The minimum Gasteiger partial charge on any atom is -0.481 e. The monoisotopic (exact) mass is 264 g/mol. The Hall–Kier alpha value is -2.01. The normalized spacial score (nSPS) is 13.9. The van der Waals surface area contributed by atoms with E-state index < -0.39 is 23.8 Å². The van der Waals surface area contributed by atoms with Gasteiger partial charge in [-0.15, -0.1) is 0 Å². The quantitative estimate of drug-likeness (QED) is 0.923. The van der Waals surface area contributed by atoms with Gasteiger partial charge in [-0.1, -0.05) is 12.1 Å². The molecular weight excluding hydrogens is 250 g/mol. The second kappa shape index (κ2) is 5.75. The van der Waals surface area contributed by atoms with Gasteiger partial charge in [0, 0.05) is 24.0 Å². The Kier molecular flexibility index (Phi) is 4.06. The molecule has 2 N–H and O–H groups in total. The summed E-state index contributed by atoms with van der Waals surface area (Å²) < 4.78 is 32.2. The van der Waals surface area contributed by atoms with E-state index in [-0.39, 0.29) is 5.75 Å². The van der Waals surface area contributed by atoms with E-state index in [4.69, 9.17) is 10.5 Å². The molecule has 2 atom stereocenters. The van der Waals surface area contributed by atoms with Crippen molar-refractivity contribution in [2.24, 2.45) is 5.73 Å². The van der Waals surface area contributed by atoms with Crippen LogP contribution >= 0.6 is 0 Å². The fourth-order valence-electron chi connectivity index (χ4n) is 1.74. The second-order valence-electron chi connectivity index (χ2n) is 4.24. The minimum absolute atomic E-state index is 0.161. The molecule has 100 valence electrons. The first-order chi connectivity index (χ1) is 9.09. The zero-order valence-corrected chi connectivity index (χ0v) is 10.4. The zero-order valence-electron chi connectivity index (χ0n) is 10.4. The van der Waals surface area contributed by atoms with Crippen molar-refractivity contribution in [3.8, 4) is 5.75 Å². The van der Waals surface area contributed by atoms with Gasteiger partial charge >= 0.3 is 0 Å². The highest BCUT2D eigenvalue weighted by molar-refractivity contribution is 5.27. The lowest BCUT2D eigenvalue weighted by atomic mass is 10.1. The van der Waals surface area contributed by atoms with E-state index in [9.17, 15) is 8.78 Å². The molecule has 0 fully saturated rings. The SMILES string of the molecule is CC(N)C(Oc1cccc(F)c1F)c1cccnc1. The maximum atomic E-state index is 13.6. The maximum absolute atomic E-state index is 13.6. The van der Waals surface area contributed by atoms with Crippen LogP contribution in [-0.2, 0) is 0 Å². The smallest absolute Gasteiger partial charge is 0.200 e. The Morgan fingerprint density at radius 2 is 2.00 bits per heavy atom. The molecule has 0 aliphatic carbocycles. The molecule has 5 heteroatoms. The topological polar surface area (TPSA) is 48.1 Å². The second-order valence-corrected chi connectivity index (χ2v) is 4.24. The van der Waals surface area contributed by atoms with Gasteiger partial charge in [0.25, 0.3) is 0 Å². The van der Waals surface area contributed by atoms with Crippen LogP contribution in [0.25, 0.3) is 0 Å². The van der Waals surface area contributed by atoms with Crippen molar-refractivity contribution in [3.63, 3.8) is 0 Å². The van der Waals surface area contributed by atoms with Gasteiger partial charge in [0.1, 0.15) is 6.10 Å². The fourth-order valence-corrected chi connectivity index (χ4v) is 1.74. The van der Waals surface area contributed by atoms with Crippen molar-refractivity contribution in [1.29, 1.82) is 0 Å². The van der Waals surface area contributed by atoms with Crippen LogP contribution in [0, 0.1) is 11.6 Å². The standard InChI is InChI=1S/C14H14F2N2O/c1-9(17)14(10-4-3-7-18-8-10)19-12-6-2-5-11(15)13(12)16/h2-9,14H,17H2,1H3. The van der Waals surface area contributed by atoms with Crippen LogP contribution in [0.1, 0.15) is 18.6 Å². The van der Waals surface area contributed by atoms with Gasteiger partial charge in [0.15, 0.2) is 11.6 Å². The van der Waals surface area contributed by atoms with E-state index in [2.05, 4.69) is 4.98 Å². The number of nitrogens with zero attached hydrogens (tertiary/aromatic N) is 1. The van der Waals surface area contributed by atoms with Gasteiger partial charge in [-0.05, 0) is 25.1 Å². The summed E-state index contributed by atoms with van der Waals surface area (Å²) in [6.07, 6.45) is 2.61. The molecule has 1 heterocycles. The summed E-state index contributed by atoms with van der Waals surface area (Å²) in [6, 6.07) is 6.90. The summed E-state index contributed by atoms with van der Waals surface area (Å²) in [5, 5.41) is 0. The molecule has 1 aromatic heterocycles. The summed E-state index contributed by atoms with van der Waals surface area (Å²) in [6.45, 7) is 1.73. The molecular formula is C14H14F2N2O. The molecule has 0 radical (unpaired) electrons. The zero-order chi connectivity index (χ0) is 13.8. The lowest BCUT2D eigenvalue weighted by Crippen LogP contribution is -2.29. The third kappa shape index (κ3) is 3.06. The van der Waals surface area contributed by atoms with E-state index >= 15 is 0 Å². The van der Waals surface area contributed by atoms with Crippen LogP contribution in [0.2, 0.25) is 0 Å². The van der Waals surface area contributed by atoms with Crippen molar-refractivity contribution in [1.82, 2.24) is 4.98 Å². The summed E-state index contributed by atoms with van der Waals surface area (Å²) in [4.78, 5) is 3.97. The molecule has 2 rings (SSSR count). The Labute approximate surface area is 110 Å². The van der Waals surface area contributed by atoms with E-state index in [0.29, 0.717) is 5.56 Å². The van der Waals surface area contributed by atoms with Crippen molar-refractivity contribution < 1.29 is 13.5 Å². The minimum atomic E-state index is -1.02. The van der Waals surface area contributed by atoms with E-state index in [1.165, 1.54) is 12.1 Å². The molecule has 2 unspecified atom stereocenters. The number of rotatable bonds is 4. The van der Waals surface area contributed by atoms with Crippen LogP contribution in [0.4, 0.5) is 8.78 Å². The molecule has 2 aromatic rings. The average molecular weight is 264 g/mol. The van der Waals surface area contributed by atoms with Gasteiger partial charge in [-0.3, -0.25) is 4.98 Å². The number of hydrogen-bond donors (Lipinski definition) is 1. The van der Waals surface area contributed by atoms with Gasteiger partial charge < -0.3 is 10.5 Å². The van der Waals surface area contributed by atoms with Crippen LogP contribution < -0.4 is 10.5 Å². The third-order valence-electron chi connectivity index (χ3n) is 2.66. The molecule has 0 saturated heterocycles. The summed E-state index contributed by atoms with van der Waals surface area (Å²) in [7, 11) is 0. The number of hydrogen-bond acceptors (Lipinski definition) is 3. The maximum Gasteiger partial charge on any atom is 0.200 e. The number of pyridine rings is 1. The van der Waals surface area contributed by atoms with Crippen molar-refractivity contribution >= 4 is 0 Å². The highest BCUT2D eigenvalue weighted by Gasteiger charge is 2.21. The number of halogens is 2. The highest BCUT2D eigenvalue weighted by Crippen LogP contribution is 2.27. The molecule has 0 bridgehead atoms. The first-order valence-corrected chi connectivity index (χ1v) is 5.85. The molecule has 0 saturated carbocycles. The molecule has 1 aromatic carbocycles.